The Hall–Kier alpha value is -4.96. The van der Waals surface area contributed by atoms with Crippen LogP contribution in [0.2, 0.25) is 0 Å². The minimum Gasteiger partial charge on any atom is -0.495 e. The molecule has 4 fully saturated rings. The van der Waals surface area contributed by atoms with Gasteiger partial charge in [0.05, 0.1) is 29.5 Å². The van der Waals surface area contributed by atoms with Crippen LogP contribution in [-0.2, 0) is 27.8 Å². The first-order chi connectivity index (χ1) is 26.8. The Balaban J connectivity index is 1.09. The number of hydrogen-bond acceptors (Lipinski definition) is 6. The Kier molecular flexibility index (Phi) is 9.45. The smallest absolute Gasteiger partial charge is 0.417 e. The van der Waals surface area contributed by atoms with E-state index in [1.165, 1.54) is 30.9 Å². The van der Waals surface area contributed by atoms with Crippen LogP contribution in [0.25, 0.3) is 32.8 Å². The van der Waals surface area contributed by atoms with Crippen molar-refractivity contribution in [3.8, 4) is 38.6 Å². The van der Waals surface area contributed by atoms with E-state index in [9.17, 15) is 43.9 Å². The van der Waals surface area contributed by atoms with E-state index in [-0.39, 0.29) is 22.3 Å². The molecule has 4 saturated carbocycles. The summed E-state index contributed by atoms with van der Waals surface area (Å²) in [4.78, 5) is 15.2. The molecule has 7 nitrogen and oxygen atoms in total. The number of carboxylic acid groups (broad SMARTS) is 1. The average molecular weight is 831 g/mol. The van der Waals surface area contributed by atoms with Crippen molar-refractivity contribution in [3.05, 3.63) is 106 Å². The predicted molar refractivity (Wildman–Crippen MR) is 199 cm³/mol. The van der Waals surface area contributed by atoms with Gasteiger partial charge in [-0.25, -0.2) is 14.2 Å². The van der Waals surface area contributed by atoms with Crippen molar-refractivity contribution >= 4 is 33.0 Å². The van der Waals surface area contributed by atoms with Crippen LogP contribution >= 0.6 is 11.3 Å². The number of carboxylic acids is 1. The topological polar surface area (TPSA) is 106 Å². The second-order valence-corrected chi connectivity index (χ2v) is 17.7. The van der Waals surface area contributed by atoms with Gasteiger partial charge in [-0.3, -0.25) is 4.72 Å². The number of aromatic carboxylic acids is 1. The van der Waals surface area contributed by atoms with Crippen molar-refractivity contribution in [1.82, 2.24) is 4.98 Å². The number of carbonyl (C=O) groups is 1. The molecule has 4 bridgehead atoms. The molecule has 0 amide bonds. The van der Waals surface area contributed by atoms with Crippen LogP contribution in [0.4, 0.5) is 36.4 Å². The monoisotopic (exact) mass is 830 g/mol. The number of thiazole rings is 1. The maximum absolute atomic E-state index is 14.6. The molecule has 0 radical (unpaired) electrons. The van der Waals surface area contributed by atoms with Gasteiger partial charge in [-0.05, 0) is 108 Å². The van der Waals surface area contributed by atoms with E-state index in [1.807, 2.05) is 29.0 Å². The number of ether oxygens (including phenoxy) is 1. The molecule has 2 N–H and O–H groups in total. The van der Waals surface area contributed by atoms with Crippen LogP contribution < -0.4 is 9.46 Å². The first kappa shape index (κ1) is 38.9. The van der Waals surface area contributed by atoms with E-state index in [1.54, 1.807) is 0 Å². The van der Waals surface area contributed by atoms with Gasteiger partial charge >= 0.3 is 18.3 Å². The van der Waals surface area contributed by atoms with Gasteiger partial charge in [-0.15, -0.1) is 11.3 Å². The third-order valence-electron chi connectivity index (χ3n) is 11.6. The Morgan fingerprint density at radius 2 is 1.35 bits per heavy atom. The molecule has 4 aromatic carbocycles. The number of hydrogen-bond donors (Lipinski definition) is 2. The van der Waals surface area contributed by atoms with Crippen LogP contribution in [0.15, 0.2) is 83.2 Å². The summed E-state index contributed by atoms with van der Waals surface area (Å²) in [5, 5.41) is 8.91. The molecule has 298 valence electrons. The van der Waals surface area contributed by atoms with Crippen molar-refractivity contribution < 1.29 is 53.8 Å². The Morgan fingerprint density at radius 1 is 0.807 bits per heavy atom. The zero-order chi connectivity index (χ0) is 40.7. The largest absolute Gasteiger partial charge is 0.495 e. The van der Waals surface area contributed by atoms with Crippen LogP contribution in [0.3, 0.4) is 0 Å². The minimum absolute atomic E-state index is 0.106. The molecule has 4 aliphatic rings. The summed E-state index contributed by atoms with van der Waals surface area (Å²) < 4.78 is 135. The summed E-state index contributed by atoms with van der Waals surface area (Å²) in [6.45, 7) is 0. The number of aromatic nitrogens is 1. The molecule has 57 heavy (non-hydrogen) atoms. The fraction of sp³-hybridized carbons (Fsp3) is 0.317. The van der Waals surface area contributed by atoms with Crippen molar-refractivity contribution in [2.45, 2.75) is 61.3 Å². The standard InChI is InChI=1S/C41H33F7N2O5S2/c1-55-35-15-30(38(51)52)33(42)16-34(35)50-57(53,54)36-20-56-37(49-36)29-9-5-26(14-32(29)41(46,47)48)28-8-4-25(13-31(28)40(43,44)45)24-2-6-27(7-3-24)39-17-21-10-22(18-39)12-23(11-21)19-39/h2-9,13-16,20-23,50H,10-12,17-19H2,1H3,(H,51,52)/t21-,22-,23?,39?/m1/s1. The molecule has 4 aliphatic carbocycles. The number of anilines is 1. The summed E-state index contributed by atoms with van der Waals surface area (Å²) >= 11 is 0.522. The molecule has 0 unspecified atom stereocenters. The van der Waals surface area contributed by atoms with Crippen molar-refractivity contribution in [3.63, 3.8) is 0 Å². The van der Waals surface area contributed by atoms with E-state index in [4.69, 9.17) is 9.84 Å². The number of methoxy groups -OCH3 is 1. The number of sulfonamides is 1. The SMILES string of the molecule is COc1cc(C(=O)O)c(F)cc1NS(=O)(=O)c1csc(-c2ccc(-c3ccc(-c4ccc(C56CC7C[C@H](C5)C[C@H](C7)C6)cc4)cc3C(F)(F)F)cc2C(F)(F)F)n1. The summed E-state index contributed by atoms with van der Waals surface area (Å²) in [5.41, 5.74) is -3.08. The summed E-state index contributed by atoms with van der Waals surface area (Å²) in [5.74, 6) is -1.13. The number of rotatable bonds is 9. The molecule has 0 atom stereocenters. The number of alkyl halides is 6. The Labute approximate surface area is 326 Å². The number of halogens is 7. The predicted octanol–water partition coefficient (Wildman–Crippen LogP) is 11.3. The third-order valence-corrected chi connectivity index (χ3v) is 13.9. The zero-order valence-electron chi connectivity index (χ0n) is 30.0. The van der Waals surface area contributed by atoms with Gasteiger partial charge < -0.3 is 9.84 Å². The van der Waals surface area contributed by atoms with E-state index in [2.05, 4.69) is 4.98 Å². The first-order valence-corrected chi connectivity index (χ1v) is 20.3. The fourth-order valence-electron chi connectivity index (χ4n) is 9.49. The molecule has 0 saturated heterocycles. The lowest BCUT2D eigenvalue weighted by atomic mass is 9.48. The molecule has 5 aromatic rings. The molecular weight excluding hydrogens is 798 g/mol. The van der Waals surface area contributed by atoms with Crippen molar-refractivity contribution in [2.75, 3.05) is 11.8 Å². The summed E-state index contributed by atoms with van der Waals surface area (Å²) in [6, 6.07) is 15.1. The third kappa shape index (κ3) is 7.26. The summed E-state index contributed by atoms with van der Waals surface area (Å²) in [6.07, 6.45) is -2.78. The average Bonchev–Trinajstić information content (AvgIpc) is 3.65. The van der Waals surface area contributed by atoms with Gasteiger partial charge in [-0.2, -0.15) is 34.8 Å². The Bertz CT molecular complexity index is 2480. The second kappa shape index (κ2) is 13.9. The van der Waals surface area contributed by atoms with Gasteiger partial charge in [0.25, 0.3) is 10.0 Å². The highest BCUT2D eigenvalue weighted by Crippen LogP contribution is 2.61. The summed E-state index contributed by atoms with van der Waals surface area (Å²) in [7, 11) is -3.62. The molecule has 9 rings (SSSR count). The number of nitrogens with zero attached hydrogens (tertiary/aromatic N) is 1. The molecule has 0 aliphatic heterocycles. The lowest BCUT2D eigenvalue weighted by molar-refractivity contribution is -0.137. The van der Waals surface area contributed by atoms with Gasteiger partial charge in [0.2, 0.25) is 0 Å². The fourth-order valence-corrected chi connectivity index (χ4v) is 11.7. The molecule has 0 spiro atoms. The maximum Gasteiger partial charge on any atom is 0.417 e. The zero-order valence-corrected chi connectivity index (χ0v) is 31.6. The van der Waals surface area contributed by atoms with Crippen LogP contribution in [0.5, 0.6) is 5.75 Å². The lowest BCUT2D eigenvalue weighted by Gasteiger charge is -2.57. The van der Waals surface area contributed by atoms with Crippen LogP contribution in [0, 0.1) is 23.6 Å². The quantitative estimate of drug-likeness (QED) is 0.143. The van der Waals surface area contributed by atoms with E-state index in [0.717, 1.165) is 79.8 Å². The highest BCUT2D eigenvalue weighted by atomic mass is 32.2. The minimum atomic E-state index is -5.10. The highest BCUT2D eigenvalue weighted by molar-refractivity contribution is 7.92. The van der Waals surface area contributed by atoms with E-state index in [0.29, 0.717) is 29.0 Å². The first-order valence-electron chi connectivity index (χ1n) is 18.0. The molecule has 16 heteroatoms. The second-order valence-electron chi connectivity index (χ2n) is 15.2. The Morgan fingerprint density at radius 3 is 1.93 bits per heavy atom. The number of benzene rings is 4. The molecular formula is C41H33F7N2O5S2. The van der Waals surface area contributed by atoms with Gasteiger partial charge in [-0.1, -0.05) is 48.5 Å². The van der Waals surface area contributed by atoms with E-state index >= 15 is 0 Å². The highest BCUT2D eigenvalue weighted by Gasteiger charge is 2.51. The van der Waals surface area contributed by atoms with Gasteiger partial charge in [0.15, 0.2) is 5.03 Å². The number of nitrogens with one attached hydrogen (secondary N) is 1. The van der Waals surface area contributed by atoms with Gasteiger partial charge in [0.1, 0.15) is 16.6 Å². The van der Waals surface area contributed by atoms with Crippen LogP contribution in [0.1, 0.15) is 65.6 Å². The van der Waals surface area contributed by atoms with Crippen molar-refractivity contribution in [2.24, 2.45) is 17.8 Å². The van der Waals surface area contributed by atoms with Crippen molar-refractivity contribution in [1.29, 1.82) is 0 Å². The lowest BCUT2D eigenvalue weighted by Crippen LogP contribution is -2.48. The van der Waals surface area contributed by atoms with Gasteiger partial charge in [0, 0.05) is 17.0 Å². The normalized spacial score (nSPS) is 21.8. The molecule has 1 aromatic heterocycles. The maximum atomic E-state index is 14.6. The van der Waals surface area contributed by atoms with E-state index < -0.39 is 77.7 Å². The van der Waals surface area contributed by atoms with Crippen LogP contribution in [-0.4, -0.2) is 31.6 Å². The molecule has 1 heterocycles.